The molecule has 0 saturated carbocycles. The van der Waals surface area contributed by atoms with E-state index in [1.54, 1.807) is 0 Å². The SMILES string of the molecule is CC(=O)c1nc2ccn(COCC[Si](C)(C)C)c2nc1Cl.C[Si](C)(C)CCOCn1ccc2nc(Br)c(Cl)nc21. The number of hydrogen-bond acceptors (Lipinski definition) is 7. The summed E-state index contributed by atoms with van der Waals surface area (Å²) in [5.74, 6) is -0.187. The average Bonchev–Trinajstić information content (AvgIpc) is 3.41. The first-order valence-corrected chi connectivity index (χ1v) is 22.0. The van der Waals surface area contributed by atoms with Gasteiger partial charge in [-0.2, -0.15) is 0 Å². The molecule has 0 aliphatic heterocycles. The summed E-state index contributed by atoms with van der Waals surface area (Å²) < 4.78 is 15.7. The Morgan fingerprint density at radius 3 is 1.70 bits per heavy atom. The summed E-state index contributed by atoms with van der Waals surface area (Å²) in [6, 6.07) is 6.00. The number of rotatable bonds is 11. The van der Waals surface area contributed by atoms with Crippen LogP contribution in [-0.4, -0.2) is 64.2 Å². The number of nitrogens with zero attached hydrogens (tertiary/aromatic N) is 6. The molecular formula is C26H37BrCl2N6O3Si2. The highest BCUT2D eigenvalue weighted by Crippen LogP contribution is 2.22. The van der Waals surface area contributed by atoms with Gasteiger partial charge in [-0.05, 0) is 40.2 Å². The van der Waals surface area contributed by atoms with Gasteiger partial charge < -0.3 is 18.6 Å². The van der Waals surface area contributed by atoms with Crippen LogP contribution < -0.4 is 0 Å². The molecule has 0 aliphatic rings. The van der Waals surface area contributed by atoms with Crippen LogP contribution in [0.25, 0.3) is 22.3 Å². The molecule has 218 valence electrons. The molecule has 0 atom stereocenters. The van der Waals surface area contributed by atoms with Crippen molar-refractivity contribution < 1.29 is 14.3 Å². The first-order chi connectivity index (χ1) is 18.6. The molecule has 0 N–H and O–H groups in total. The Labute approximate surface area is 255 Å². The van der Waals surface area contributed by atoms with Gasteiger partial charge in [0.2, 0.25) is 0 Å². The lowest BCUT2D eigenvalue weighted by atomic mass is 10.3. The molecule has 0 aromatic carbocycles. The van der Waals surface area contributed by atoms with E-state index in [2.05, 4.69) is 75.1 Å². The first-order valence-electron chi connectivity index (χ1n) is 13.0. The second-order valence-corrected chi connectivity index (χ2v) is 24.6. The third-order valence-corrected chi connectivity index (χ3v) is 10.6. The minimum Gasteiger partial charge on any atom is -0.361 e. The van der Waals surface area contributed by atoms with Crippen molar-refractivity contribution in [1.29, 1.82) is 0 Å². The van der Waals surface area contributed by atoms with Crippen LogP contribution in [0.15, 0.2) is 29.1 Å². The molecule has 14 heteroatoms. The van der Waals surface area contributed by atoms with E-state index in [0.29, 0.717) is 34.4 Å². The highest BCUT2D eigenvalue weighted by Gasteiger charge is 2.15. The summed E-state index contributed by atoms with van der Waals surface area (Å²) in [5, 5.41) is 0.506. The van der Waals surface area contributed by atoms with Crippen LogP contribution in [-0.2, 0) is 22.9 Å². The summed E-state index contributed by atoms with van der Waals surface area (Å²) in [6.45, 7) is 17.8. The summed E-state index contributed by atoms with van der Waals surface area (Å²) in [5.41, 5.74) is 3.06. The fourth-order valence-electron chi connectivity index (χ4n) is 3.44. The van der Waals surface area contributed by atoms with Crippen LogP contribution in [0.2, 0.25) is 61.7 Å². The molecule has 0 aliphatic carbocycles. The topological polar surface area (TPSA) is 97.0 Å². The van der Waals surface area contributed by atoms with Gasteiger partial charge in [0.15, 0.2) is 27.4 Å². The van der Waals surface area contributed by atoms with Crippen molar-refractivity contribution in [3.05, 3.63) is 45.1 Å². The second kappa shape index (κ2) is 14.0. The zero-order valence-electron chi connectivity index (χ0n) is 24.1. The molecule has 0 radical (unpaired) electrons. The molecule has 40 heavy (non-hydrogen) atoms. The Morgan fingerprint density at radius 2 is 1.25 bits per heavy atom. The van der Waals surface area contributed by atoms with E-state index in [1.165, 1.54) is 6.92 Å². The number of carbonyl (C=O) groups excluding carboxylic acids is 1. The van der Waals surface area contributed by atoms with E-state index in [-0.39, 0.29) is 16.6 Å². The van der Waals surface area contributed by atoms with Gasteiger partial charge >= 0.3 is 0 Å². The van der Waals surface area contributed by atoms with Crippen LogP contribution in [0, 0.1) is 0 Å². The number of fused-ring (bicyclic) bond motifs is 2. The molecule has 0 bridgehead atoms. The van der Waals surface area contributed by atoms with Gasteiger partial charge in [0.25, 0.3) is 0 Å². The predicted molar refractivity (Wildman–Crippen MR) is 171 cm³/mol. The highest BCUT2D eigenvalue weighted by molar-refractivity contribution is 9.10. The van der Waals surface area contributed by atoms with Gasteiger partial charge in [-0.15, -0.1) is 0 Å². The third kappa shape index (κ3) is 9.71. The number of aromatic nitrogens is 6. The maximum absolute atomic E-state index is 11.4. The van der Waals surface area contributed by atoms with Gasteiger partial charge in [0.1, 0.15) is 34.8 Å². The quantitative estimate of drug-likeness (QED) is 0.0903. The molecule has 4 rings (SSSR count). The molecule has 0 saturated heterocycles. The molecule has 0 fully saturated rings. The lowest BCUT2D eigenvalue weighted by Crippen LogP contribution is -2.22. The molecular weight excluding hydrogens is 651 g/mol. The molecule has 4 heterocycles. The Hall–Kier alpha value is -1.68. The Balaban J connectivity index is 0.000000222. The van der Waals surface area contributed by atoms with Crippen LogP contribution in [0.1, 0.15) is 17.4 Å². The van der Waals surface area contributed by atoms with Crippen molar-refractivity contribution in [3.8, 4) is 0 Å². The maximum atomic E-state index is 11.4. The van der Waals surface area contributed by atoms with Crippen molar-refractivity contribution in [2.45, 2.75) is 71.8 Å². The normalized spacial score (nSPS) is 12.2. The summed E-state index contributed by atoms with van der Waals surface area (Å²) in [6.07, 6.45) is 3.77. The van der Waals surface area contributed by atoms with Crippen LogP contribution in [0.4, 0.5) is 0 Å². The summed E-state index contributed by atoms with van der Waals surface area (Å²) >= 11 is 15.2. The van der Waals surface area contributed by atoms with Crippen molar-refractivity contribution in [2.24, 2.45) is 0 Å². The van der Waals surface area contributed by atoms with Gasteiger partial charge in [0.05, 0.1) is 0 Å². The monoisotopic (exact) mass is 686 g/mol. The number of ketones is 1. The van der Waals surface area contributed by atoms with Crippen LogP contribution in [0.3, 0.4) is 0 Å². The summed E-state index contributed by atoms with van der Waals surface area (Å²) in [7, 11) is -2.12. The Kier molecular flexibility index (Phi) is 11.5. The van der Waals surface area contributed by atoms with Crippen molar-refractivity contribution in [1.82, 2.24) is 29.1 Å². The number of Topliss-reactive ketones (excluding diaryl/α,β-unsaturated/α-hetero) is 1. The highest BCUT2D eigenvalue weighted by atomic mass is 79.9. The van der Waals surface area contributed by atoms with E-state index < -0.39 is 16.1 Å². The fraction of sp³-hybridized carbons (Fsp3) is 0.500. The molecule has 4 aromatic heterocycles. The largest absolute Gasteiger partial charge is 0.361 e. The third-order valence-electron chi connectivity index (χ3n) is 5.84. The number of hydrogen-bond donors (Lipinski definition) is 0. The number of ether oxygens (including phenoxy) is 2. The molecule has 9 nitrogen and oxygen atoms in total. The van der Waals surface area contributed by atoms with E-state index in [0.717, 1.165) is 36.5 Å². The smallest absolute Gasteiger partial charge is 0.181 e. The van der Waals surface area contributed by atoms with E-state index in [1.807, 2.05) is 33.7 Å². The minimum atomic E-state index is -1.08. The molecule has 0 spiro atoms. The van der Waals surface area contributed by atoms with Crippen LogP contribution in [0.5, 0.6) is 0 Å². The Morgan fingerprint density at radius 1 is 0.800 bits per heavy atom. The van der Waals surface area contributed by atoms with Gasteiger partial charge in [-0.1, -0.05) is 62.5 Å². The minimum absolute atomic E-state index is 0.136. The maximum Gasteiger partial charge on any atom is 0.181 e. The van der Waals surface area contributed by atoms with Crippen LogP contribution >= 0.6 is 39.1 Å². The lowest BCUT2D eigenvalue weighted by Gasteiger charge is -2.15. The van der Waals surface area contributed by atoms with Crippen molar-refractivity contribution in [2.75, 3.05) is 13.2 Å². The standard InChI is InChI=1S/C14H20ClN3O2Si.C12H17BrClN3OSi/c1-10(19)12-13(15)17-14-11(16-12)5-6-18(14)9-20-7-8-21(2,3)4;1-19(2,3)7-6-18-8-17-5-4-9-12(17)16-11(14)10(13)15-9/h5-6H,7-9H2,1-4H3;4-5H,6-8H2,1-3H3. The molecule has 0 unspecified atom stereocenters. The zero-order chi connectivity index (χ0) is 29.7. The van der Waals surface area contributed by atoms with Crippen molar-refractivity contribution in [3.63, 3.8) is 0 Å². The molecule has 4 aromatic rings. The van der Waals surface area contributed by atoms with Gasteiger partial charge in [-0.3, -0.25) is 4.79 Å². The first kappa shape index (κ1) is 32.8. The summed E-state index contributed by atoms with van der Waals surface area (Å²) in [4.78, 5) is 28.5. The van der Waals surface area contributed by atoms with Gasteiger partial charge in [0, 0.05) is 48.7 Å². The lowest BCUT2D eigenvalue weighted by molar-refractivity contribution is 0.0897. The average molecular weight is 689 g/mol. The zero-order valence-corrected chi connectivity index (χ0v) is 29.2. The van der Waals surface area contributed by atoms with E-state index >= 15 is 0 Å². The second-order valence-electron chi connectivity index (χ2n) is 11.9. The molecule has 0 amide bonds. The van der Waals surface area contributed by atoms with E-state index in [9.17, 15) is 4.79 Å². The fourth-order valence-corrected chi connectivity index (χ4v) is 5.61. The van der Waals surface area contributed by atoms with Gasteiger partial charge in [-0.25, -0.2) is 19.9 Å². The predicted octanol–water partition coefficient (Wildman–Crippen LogP) is 7.76. The Bertz CT molecular complexity index is 1470. The number of carbonyl (C=O) groups is 1. The number of halogens is 3. The van der Waals surface area contributed by atoms with E-state index in [4.69, 9.17) is 32.7 Å². The van der Waals surface area contributed by atoms with Crippen molar-refractivity contribution >= 4 is 83.4 Å².